The Morgan fingerprint density at radius 1 is 1.06 bits per heavy atom. The summed E-state index contributed by atoms with van der Waals surface area (Å²) < 4.78 is 0. The fourth-order valence-electron chi connectivity index (χ4n) is 1.47. The van der Waals surface area contributed by atoms with Crippen LogP contribution >= 0.6 is 0 Å². The molecule has 2 aromatic rings. The topological polar surface area (TPSA) is 32.6 Å². The van der Waals surface area contributed by atoms with Crippen molar-refractivity contribution in [1.29, 1.82) is 0 Å². The second-order valence-corrected chi connectivity index (χ2v) is 3.66. The van der Waals surface area contributed by atoms with E-state index in [0.29, 0.717) is 5.69 Å². The molecule has 2 aromatic carbocycles. The molecule has 0 fully saturated rings. The Hall–Kier alpha value is -2.09. The van der Waals surface area contributed by atoms with Gasteiger partial charge in [0.25, 0.3) is 0 Å². The van der Waals surface area contributed by atoms with Crippen LogP contribution in [0, 0.1) is 6.92 Å². The van der Waals surface area contributed by atoms with Crippen molar-refractivity contribution in [3.05, 3.63) is 59.7 Å². The van der Waals surface area contributed by atoms with E-state index in [0.717, 1.165) is 5.56 Å². The maximum Gasteiger partial charge on any atom is 0.141 e. The van der Waals surface area contributed by atoms with Gasteiger partial charge in [-0.15, -0.1) is 0 Å². The number of phenols is 1. The molecule has 0 aliphatic rings. The molecule has 0 aromatic heterocycles. The summed E-state index contributed by atoms with van der Waals surface area (Å²) in [6.45, 7) is 2.04. The molecule has 0 radical (unpaired) electrons. The molecule has 0 aliphatic heterocycles. The zero-order valence-electron chi connectivity index (χ0n) is 9.09. The van der Waals surface area contributed by atoms with Crippen LogP contribution in [0.4, 0.5) is 5.69 Å². The molecule has 0 unspecified atom stereocenters. The first kappa shape index (κ1) is 10.4. The Balaban J connectivity index is 2.25. The predicted octanol–water partition coefficient (Wildman–Crippen LogP) is 3.45. The molecule has 0 spiro atoms. The third-order valence-electron chi connectivity index (χ3n) is 2.28. The molecule has 0 aliphatic carbocycles. The van der Waals surface area contributed by atoms with Crippen molar-refractivity contribution >= 4 is 11.9 Å². The highest BCUT2D eigenvalue weighted by Crippen LogP contribution is 2.24. The molecule has 1 N–H and O–H groups in total. The van der Waals surface area contributed by atoms with Gasteiger partial charge in [0.1, 0.15) is 11.4 Å². The van der Waals surface area contributed by atoms with E-state index in [4.69, 9.17) is 0 Å². The number of benzene rings is 2. The van der Waals surface area contributed by atoms with Crippen molar-refractivity contribution in [1.82, 2.24) is 0 Å². The van der Waals surface area contributed by atoms with E-state index in [2.05, 4.69) is 4.99 Å². The van der Waals surface area contributed by atoms with Gasteiger partial charge in [-0.05, 0) is 24.6 Å². The second-order valence-electron chi connectivity index (χ2n) is 3.66. The Kier molecular flexibility index (Phi) is 3.01. The van der Waals surface area contributed by atoms with Gasteiger partial charge in [-0.2, -0.15) is 0 Å². The highest BCUT2D eigenvalue weighted by molar-refractivity contribution is 5.82. The van der Waals surface area contributed by atoms with E-state index in [-0.39, 0.29) is 5.75 Å². The summed E-state index contributed by atoms with van der Waals surface area (Å²) >= 11 is 0. The molecule has 0 atom stereocenters. The fraction of sp³-hybridized carbons (Fsp3) is 0.0714. The van der Waals surface area contributed by atoms with Gasteiger partial charge in [0.15, 0.2) is 0 Å². The van der Waals surface area contributed by atoms with Gasteiger partial charge in [0, 0.05) is 6.21 Å². The van der Waals surface area contributed by atoms with Gasteiger partial charge < -0.3 is 5.11 Å². The van der Waals surface area contributed by atoms with E-state index in [1.807, 2.05) is 37.3 Å². The number of aromatic hydroxyl groups is 1. The van der Waals surface area contributed by atoms with Crippen molar-refractivity contribution in [2.75, 3.05) is 0 Å². The smallest absolute Gasteiger partial charge is 0.141 e. The van der Waals surface area contributed by atoms with Crippen LogP contribution in [0.1, 0.15) is 11.1 Å². The van der Waals surface area contributed by atoms with Gasteiger partial charge in [-0.1, -0.05) is 42.0 Å². The lowest BCUT2D eigenvalue weighted by atomic mass is 10.1. The molecule has 0 saturated heterocycles. The van der Waals surface area contributed by atoms with Gasteiger partial charge in [0.05, 0.1) is 0 Å². The van der Waals surface area contributed by atoms with Gasteiger partial charge in [0.2, 0.25) is 0 Å². The lowest BCUT2D eigenvalue weighted by Gasteiger charge is -1.98. The number of aryl methyl sites for hydroxylation is 1. The minimum atomic E-state index is 0.200. The molecule has 0 bridgehead atoms. The quantitative estimate of drug-likeness (QED) is 0.758. The SMILES string of the molecule is Cc1cccc(C=Nc2ccccc2O)c1. The van der Waals surface area contributed by atoms with Crippen LogP contribution in [-0.2, 0) is 0 Å². The van der Waals surface area contributed by atoms with Crippen molar-refractivity contribution in [3.8, 4) is 5.75 Å². The summed E-state index contributed by atoms with van der Waals surface area (Å²) in [5, 5.41) is 9.53. The number of para-hydroxylation sites is 2. The molecule has 2 nitrogen and oxygen atoms in total. The highest BCUT2D eigenvalue weighted by Gasteiger charge is 1.95. The maximum atomic E-state index is 9.53. The van der Waals surface area contributed by atoms with E-state index in [9.17, 15) is 5.11 Å². The minimum absolute atomic E-state index is 0.200. The zero-order chi connectivity index (χ0) is 11.4. The first-order chi connectivity index (χ1) is 7.75. The molecule has 2 rings (SSSR count). The van der Waals surface area contributed by atoms with Crippen molar-refractivity contribution in [2.24, 2.45) is 4.99 Å². The summed E-state index contributed by atoms with van der Waals surface area (Å²) in [5.74, 6) is 0.200. The van der Waals surface area contributed by atoms with E-state index in [1.54, 1.807) is 24.4 Å². The van der Waals surface area contributed by atoms with Crippen LogP contribution in [0.25, 0.3) is 0 Å². The number of phenolic OH excluding ortho intramolecular Hbond substituents is 1. The van der Waals surface area contributed by atoms with Crippen LogP contribution in [0.3, 0.4) is 0 Å². The third-order valence-corrected chi connectivity index (χ3v) is 2.28. The van der Waals surface area contributed by atoms with Crippen molar-refractivity contribution < 1.29 is 5.11 Å². The maximum absolute atomic E-state index is 9.53. The average molecular weight is 211 g/mol. The van der Waals surface area contributed by atoms with Gasteiger partial charge >= 0.3 is 0 Å². The van der Waals surface area contributed by atoms with Gasteiger partial charge in [-0.3, -0.25) is 4.99 Å². The molecule has 0 heterocycles. The monoisotopic (exact) mass is 211 g/mol. The number of hydrogen-bond acceptors (Lipinski definition) is 2. The highest BCUT2D eigenvalue weighted by atomic mass is 16.3. The number of aliphatic imine (C=N–C) groups is 1. The average Bonchev–Trinajstić information content (AvgIpc) is 2.28. The Morgan fingerprint density at radius 2 is 1.88 bits per heavy atom. The Bertz CT molecular complexity index is 518. The number of rotatable bonds is 2. The Labute approximate surface area is 94.9 Å². The Morgan fingerprint density at radius 3 is 2.62 bits per heavy atom. The standard InChI is InChI=1S/C14H13NO/c1-11-5-4-6-12(9-11)10-15-13-7-2-3-8-14(13)16/h2-10,16H,1H3. The molecular formula is C14H13NO. The largest absolute Gasteiger partial charge is 0.506 e. The molecule has 0 amide bonds. The van der Waals surface area contributed by atoms with Gasteiger partial charge in [-0.25, -0.2) is 0 Å². The molecule has 16 heavy (non-hydrogen) atoms. The normalized spacial score (nSPS) is 10.8. The van der Waals surface area contributed by atoms with Crippen LogP contribution in [-0.4, -0.2) is 11.3 Å². The van der Waals surface area contributed by atoms with Crippen LogP contribution < -0.4 is 0 Å². The summed E-state index contributed by atoms with van der Waals surface area (Å²) in [5.41, 5.74) is 2.81. The van der Waals surface area contributed by atoms with Crippen LogP contribution in [0.5, 0.6) is 5.75 Å². The molecule has 2 heteroatoms. The van der Waals surface area contributed by atoms with E-state index >= 15 is 0 Å². The summed E-state index contributed by atoms with van der Waals surface area (Å²) in [7, 11) is 0. The lowest BCUT2D eigenvalue weighted by Crippen LogP contribution is -1.81. The van der Waals surface area contributed by atoms with Crippen LogP contribution in [0.2, 0.25) is 0 Å². The minimum Gasteiger partial charge on any atom is -0.506 e. The zero-order valence-corrected chi connectivity index (χ0v) is 9.09. The summed E-state index contributed by atoms with van der Waals surface area (Å²) in [4.78, 5) is 4.24. The fourth-order valence-corrected chi connectivity index (χ4v) is 1.47. The second kappa shape index (κ2) is 4.62. The number of nitrogens with zero attached hydrogens (tertiary/aromatic N) is 1. The number of hydrogen-bond donors (Lipinski definition) is 1. The molecule has 0 saturated carbocycles. The van der Waals surface area contributed by atoms with Crippen molar-refractivity contribution in [3.63, 3.8) is 0 Å². The van der Waals surface area contributed by atoms with E-state index < -0.39 is 0 Å². The van der Waals surface area contributed by atoms with Crippen molar-refractivity contribution in [2.45, 2.75) is 6.92 Å². The van der Waals surface area contributed by atoms with Crippen LogP contribution in [0.15, 0.2) is 53.5 Å². The molecule has 80 valence electrons. The predicted molar refractivity (Wildman–Crippen MR) is 66.5 cm³/mol. The third kappa shape index (κ3) is 2.48. The first-order valence-corrected chi connectivity index (χ1v) is 5.14. The summed E-state index contributed by atoms with van der Waals surface area (Å²) in [6.07, 6.45) is 1.75. The summed E-state index contributed by atoms with van der Waals surface area (Å²) in [6, 6.07) is 15.1. The van der Waals surface area contributed by atoms with E-state index in [1.165, 1.54) is 5.56 Å². The lowest BCUT2D eigenvalue weighted by molar-refractivity contribution is 0.477. The molecular weight excluding hydrogens is 198 g/mol. The first-order valence-electron chi connectivity index (χ1n) is 5.14.